The van der Waals surface area contributed by atoms with Crippen LogP contribution in [0.2, 0.25) is 0 Å². The minimum atomic E-state index is -4.64. The lowest BCUT2D eigenvalue weighted by molar-refractivity contribution is 0.140. The van der Waals surface area contributed by atoms with Crippen molar-refractivity contribution in [3.05, 3.63) is 17.7 Å². The minimum Gasteiger partial charge on any atom is -0.505 e. The maximum Gasteiger partial charge on any atom is 0.269 e. The number of hydrogen-bond acceptors (Lipinski definition) is 4. The molecule has 1 aromatic rings. The number of sulfonamides is 1. The number of halogens is 3. The Hall–Kier alpha value is -1.35. The Labute approximate surface area is 82.4 Å². The number of aromatic hydroxyl groups is 1. The molecule has 9 heteroatoms. The SMILES string of the molecule is NS(=O)(=O)c1c(O)cnc(F)c1C(F)F. The van der Waals surface area contributed by atoms with Gasteiger partial charge >= 0.3 is 0 Å². The Balaban J connectivity index is 3.68. The normalized spacial score (nSPS) is 12.1. The van der Waals surface area contributed by atoms with E-state index in [0.29, 0.717) is 6.20 Å². The zero-order valence-electron chi connectivity index (χ0n) is 6.99. The second kappa shape index (κ2) is 3.66. The van der Waals surface area contributed by atoms with E-state index in [4.69, 9.17) is 5.11 Å². The van der Waals surface area contributed by atoms with Crippen LogP contribution in [-0.4, -0.2) is 18.5 Å². The van der Waals surface area contributed by atoms with Gasteiger partial charge in [-0.2, -0.15) is 4.39 Å². The van der Waals surface area contributed by atoms with Gasteiger partial charge in [0, 0.05) is 0 Å². The smallest absolute Gasteiger partial charge is 0.269 e. The maximum absolute atomic E-state index is 12.8. The summed E-state index contributed by atoms with van der Waals surface area (Å²) in [6, 6.07) is 0. The second-order valence-corrected chi connectivity index (χ2v) is 4.02. The van der Waals surface area contributed by atoms with Crippen molar-refractivity contribution in [1.29, 1.82) is 0 Å². The van der Waals surface area contributed by atoms with Gasteiger partial charge in [0.15, 0.2) is 5.75 Å². The van der Waals surface area contributed by atoms with E-state index in [9.17, 15) is 21.6 Å². The second-order valence-electron chi connectivity index (χ2n) is 2.52. The van der Waals surface area contributed by atoms with Gasteiger partial charge in [0.2, 0.25) is 16.0 Å². The Morgan fingerprint density at radius 1 is 1.47 bits per heavy atom. The van der Waals surface area contributed by atoms with Crippen LogP contribution in [0.15, 0.2) is 11.1 Å². The predicted molar refractivity (Wildman–Crippen MR) is 42.2 cm³/mol. The summed E-state index contributed by atoms with van der Waals surface area (Å²) in [6.07, 6.45) is -3.06. The molecule has 0 bridgehead atoms. The zero-order chi connectivity index (χ0) is 11.8. The summed E-state index contributed by atoms with van der Waals surface area (Å²) in [5.74, 6) is -2.80. The van der Waals surface area contributed by atoms with Crippen LogP contribution in [0.4, 0.5) is 13.2 Å². The van der Waals surface area contributed by atoms with Crippen LogP contribution in [-0.2, 0) is 10.0 Å². The van der Waals surface area contributed by atoms with Crippen LogP contribution in [0.3, 0.4) is 0 Å². The highest BCUT2D eigenvalue weighted by atomic mass is 32.2. The van der Waals surface area contributed by atoms with Crippen LogP contribution in [0.25, 0.3) is 0 Å². The van der Waals surface area contributed by atoms with Crippen LogP contribution in [0, 0.1) is 5.95 Å². The molecule has 1 aromatic heterocycles. The standard InChI is InChI=1S/C6H5F3N2O3S/c7-5(8)3-4(15(10,13)14)2(12)1-11-6(3)9/h1,5,12H,(H2,10,13,14). The van der Waals surface area contributed by atoms with Crippen LogP contribution in [0.5, 0.6) is 5.75 Å². The first-order valence-electron chi connectivity index (χ1n) is 3.43. The third kappa shape index (κ3) is 2.18. The van der Waals surface area contributed by atoms with Crippen molar-refractivity contribution in [2.24, 2.45) is 5.14 Å². The van der Waals surface area contributed by atoms with E-state index in [2.05, 4.69) is 10.1 Å². The van der Waals surface area contributed by atoms with Crippen LogP contribution in [0.1, 0.15) is 12.0 Å². The zero-order valence-corrected chi connectivity index (χ0v) is 7.80. The molecular weight excluding hydrogens is 237 g/mol. The van der Waals surface area contributed by atoms with E-state index in [0.717, 1.165) is 0 Å². The first-order valence-corrected chi connectivity index (χ1v) is 4.98. The molecule has 0 aliphatic heterocycles. The fraction of sp³-hybridized carbons (Fsp3) is 0.167. The highest BCUT2D eigenvalue weighted by molar-refractivity contribution is 7.89. The molecule has 0 aliphatic carbocycles. The number of primary sulfonamides is 1. The van der Waals surface area contributed by atoms with E-state index >= 15 is 0 Å². The molecule has 1 rings (SSSR count). The van der Waals surface area contributed by atoms with E-state index in [1.165, 1.54) is 0 Å². The molecule has 0 radical (unpaired) electrons. The van der Waals surface area contributed by atoms with Gasteiger partial charge in [-0.1, -0.05) is 0 Å². The Morgan fingerprint density at radius 2 is 2.00 bits per heavy atom. The van der Waals surface area contributed by atoms with Gasteiger partial charge in [0.1, 0.15) is 4.90 Å². The van der Waals surface area contributed by atoms with Crippen molar-refractivity contribution < 1.29 is 26.7 Å². The molecule has 1 heterocycles. The molecule has 3 N–H and O–H groups in total. The molecule has 5 nitrogen and oxygen atoms in total. The molecule has 0 fully saturated rings. The Kier molecular flexibility index (Phi) is 2.86. The van der Waals surface area contributed by atoms with Crippen LogP contribution < -0.4 is 5.14 Å². The summed E-state index contributed by atoms with van der Waals surface area (Å²) in [7, 11) is -4.64. The molecule has 0 saturated carbocycles. The number of alkyl halides is 2. The summed E-state index contributed by atoms with van der Waals surface area (Å²) in [4.78, 5) is 1.41. The maximum atomic E-state index is 12.8. The number of pyridine rings is 1. The average molecular weight is 242 g/mol. The number of nitrogens with zero attached hydrogens (tertiary/aromatic N) is 1. The first kappa shape index (κ1) is 11.7. The topological polar surface area (TPSA) is 93.3 Å². The summed E-state index contributed by atoms with van der Waals surface area (Å²) in [6.45, 7) is 0. The first-order chi connectivity index (χ1) is 6.75. The molecule has 84 valence electrons. The molecule has 15 heavy (non-hydrogen) atoms. The molecule has 0 amide bonds. The van der Waals surface area contributed by atoms with Crippen molar-refractivity contribution in [3.63, 3.8) is 0 Å². The van der Waals surface area contributed by atoms with E-state index in [1.54, 1.807) is 0 Å². The van der Waals surface area contributed by atoms with Gasteiger partial charge in [0.05, 0.1) is 11.8 Å². The quantitative estimate of drug-likeness (QED) is 0.739. The largest absolute Gasteiger partial charge is 0.505 e. The number of nitrogens with two attached hydrogens (primary N) is 1. The Bertz CT molecular complexity index is 489. The van der Waals surface area contributed by atoms with Gasteiger partial charge in [-0.15, -0.1) is 0 Å². The van der Waals surface area contributed by atoms with E-state index in [1.807, 2.05) is 0 Å². The van der Waals surface area contributed by atoms with Crippen molar-refractivity contribution in [2.75, 3.05) is 0 Å². The highest BCUT2D eigenvalue weighted by Gasteiger charge is 2.29. The van der Waals surface area contributed by atoms with Gasteiger partial charge in [-0.05, 0) is 0 Å². The van der Waals surface area contributed by atoms with Gasteiger partial charge in [0.25, 0.3) is 6.43 Å². The summed E-state index contributed by atoms with van der Waals surface area (Å²) in [5, 5.41) is 13.5. The lowest BCUT2D eigenvalue weighted by Gasteiger charge is -2.08. The van der Waals surface area contributed by atoms with Crippen molar-refractivity contribution in [1.82, 2.24) is 4.98 Å². The predicted octanol–water partition coefficient (Wildman–Crippen LogP) is 0.511. The summed E-state index contributed by atoms with van der Waals surface area (Å²) >= 11 is 0. The van der Waals surface area contributed by atoms with E-state index < -0.39 is 38.6 Å². The van der Waals surface area contributed by atoms with Gasteiger partial charge in [-0.3, -0.25) is 0 Å². The van der Waals surface area contributed by atoms with E-state index in [-0.39, 0.29) is 0 Å². The number of aromatic nitrogens is 1. The van der Waals surface area contributed by atoms with Crippen molar-refractivity contribution in [2.45, 2.75) is 11.3 Å². The highest BCUT2D eigenvalue weighted by Crippen LogP contribution is 2.32. The number of hydrogen-bond donors (Lipinski definition) is 2. The number of rotatable bonds is 2. The summed E-state index contributed by atoms with van der Waals surface area (Å²) < 4.78 is 59.0. The lowest BCUT2D eigenvalue weighted by Crippen LogP contribution is -2.16. The third-order valence-electron chi connectivity index (χ3n) is 1.50. The fourth-order valence-electron chi connectivity index (χ4n) is 0.966. The molecule has 0 aromatic carbocycles. The molecular formula is C6H5F3N2O3S. The van der Waals surface area contributed by atoms with Crippen LogP contribution >= 0.6 is 0 Å². The van der Waals surface area contributed by atoms with Gasteiger partial charge in [-0.25, -0.2) is 27.3 Å². The average Bonchev–Trinajstić information content (AvgIpc) is 2.05. The fourth-order valence-corrected chi connectivity index (χ4v) is 1.79. The minimum absolute atomic E-state index is 0.390. The Morgan fingerprint density at radius 3 is 2.33 bits per heavy atom. The molecule has 0 unspecified atom stereocenters. The molecule has 0 atom stereocenters. The monoisotopic (exact) mass is 242 g/mol. The van der Waals surface area contributed by atoms with Crippen molar-refractivity contribution in [3.8, 4) is 5.75 Å². The lowest BCUT2D eigenvalue weighted by atomic mass is 10.3. The molecule has 0 spiro atoms. The summed E-state index contributed by atoms with van der Waals surface area (Å²) in [5.41, 5.74) is -1.53. The third-order valence-corrected chi connectivity index (χ3v) is 2.50. The molecule has 0 saturated heterocycles. The molecule has 0 aliphatic rings. The van der Waals surface area contributed by atoms with Crippen molar-refractivity contribution >= 4 is 10.0 Å². The van der Waals surface area contributed by atoms with Gasteiger partial charge < -0.3 is 5.11 Å².